The Hall–Kier alpha value is -0.610. The number of unbranched alkanes of at least 4 members (excludes halogenated alkanes) is 1. The van der Waals surface area contributed by atoms with Crippen molar-refractivity contribution in [2.24, 2.45) is 0 Å². The second kappa shape index (κ2) is 7.25. The number of anilines is 1. The number of aromatic nitrogens is 1. The fourth-order valence-electron chi connectivity index (χ4n) is 2.26. The van der Waals surface area contributed by atoms with Crippen LogP contribution in [0.3, 0.4) is 0 Å². The van der Waals surface area contributed by atoms with Crippen molar-refractivity contribution in [1.29, 1.82) is 0 Å². The zero-order valence-corrected chi connectivity index (χ0v) is 13.4. The normalized spacial score (nSPS) is 14.9. The third-order valence-electron chi connectivity index (χ3n) is 3.65. The first-order valence-corrected chi connectivity index (χ1v) is 8.57. The summed E-state index contributed by atoms with van der Waals surface area (Å²) in [6.07, 6.45) is 5.18. The van der Waals surface area contributed by atoms with Gasteiger partial charge in [0.2, 0.25) is 0 Å². The van der Waals surface area contributed by atoms with Crippen LogP contribution in [0.2, 0.25) is 0 Å². The predicted molar refractivity (Wildman–Crippen MR) is 84.3 cm³/mol. The molecule has 0 bridgehead atoms. The molecule has 108 valence electrons. The van der Waals surface area contributed by atoms with Crippen LogP contribution in [0, 0.1) is 0 Å². The van der Waals surface area contributed by atoms with Crippen LogP contribution in [0.15, 0.2) is 0 Å². The van der Waals surface area contributed by atoms with Crippen molar-refractivity contribution < 1.29 is 0 Å². The van der Waals surface area contributed by atoms with Crippen molar-refractivity contribution in [3.63, 3.8) is 0 Å². The maximum atomic E-state index is 4.95. The zero-order chi connectivity index (χ0) is 13.7. The van der Waals surface area contributed by atoms with Gasteiger partial charge in [-0.05, 0) is 32.7 Å². The molecular formula is C15H27N3S. The largest absolute Gasteiger partial charge is 0.348 e. The van der Waals surface area contributed by atoms with E-state index in [1.807, 2.05) is 11.3 Å². The van der Waals surface area contributed by atoms with Crippen molar-refractivity contribution in [3.8, 4) is 0 Å². The Morgan fingerprint density at radius 1 is 1.32 bits per heavy atom. The number of thiazole rings is 1. The average Bonchev–Trinajstić information content (AvgIpc) is 3.19. The molecule has 0 atom stereocenters. The van der Waals surface area contributed by atoms with Crippen molar-refractivity contribution in [2.45, 2.75) is 58.9 Å². The van der Waals surface area contributed by atoms with Crippen LogP contribution >= 0.6 is 11.3 Å². The predicted octanol–water partition coefficient (Wildman–Crippen LogP) is 3.76. The minimum absolute atomic E-state index is 0.753. The van der Waals surface area contributed by atoms with Crippen LogP contribution in [0.25, 0.3) is 0 Å². The van der Waals surface area contributed by atoms with Crippen LogP contribution in [0.1, 0.15) is 62.9 Å². The zero-order valence-electron chi connectivity index (χ0n) is 12.5. The van der Waals surface area contributed by atoms with E-state index < -0.39 is 0 Å². The summed E-state index contributed by atoms with van der Waals surface area (Å²) in [5, 5.41) is 4.69. The van der Waals surface area contributed by atoms with Crippen molar-refractivity contribution in [1.82, 2.24) is 10.3 Å². The Bertz CT molecular complexity index is 385. The monoisotopic (exact) mass is 281 g/mol. The van der Waals surface area contributed by atoms with E-state index in [1.165, 1.54) is 41.4 Å². The summed E-state index contributed by atoms with van der Waals surface area (Å²) in [4.78, 5) is 8.86. The van der Waals surface area contributed by atoms with Gasteiger partial charge in [0.15, 0.2) is 5.13 Å². The maximum Gasteiger partial charge on any atom is 0.185 e. The fraction of sp³-hybridized carbons (Fsp3) is 0.800. The first kappa shape index (κ1) is 14.8. The highest BCUT2D eigenvalue weighted by molar-refractivity contribution is 7.15. The molecule has 0 unspecified atom stereocenters. The van der Waals surface area contributed by atoms with Gasteiger partial charge < -0.3 is 10.2 Å². The summed E-state index contributed by atoms with van der Waals surface area (Å²) in [5.74, 6) is 0.753. The van der Waals surface area contributed by atoms with E-state index in [0.717, 1.165) is 32.1 Å². The van der Waals surface area contributed by atoms with Crippen LogP contribution in [-0.4, -0.2) is 24.6 Å². The molecule has 1 heterocycles. The van der Waals surface area contributed by atoms with Crippen LogP contribution < -0.4 is 10.2 Å². The van der Waals surface area contributed by atoms with Gasteiger partial charge in [0, 0.05) is 30.4 Å². The van der Waals surface area contributed by atoms with Crippen molar-refractivity contribution >= 4 is 16.5 Å². The average molecular weight is 281 g/mol. The third kappa shape index (κ3) is 3.93. The molecule has 1 aliphatic rings. The molecule has 1 saturated carbocycles. The molecule has 1 aliphatic carbocycles. The number of rotatable bonds is 9. The van der Waals surface area contributed by atoms with Gasteiger partial charge in [0.25, 0.3) is 0 Å². The van der Waals surface area contributed by atoms with E-state index in [1.54, 1.807) is 0 Å². The first-order chi connectivity index (χ1) is 9.30. The minimum Gasteiger partial charge on any atom is -0.348 e. The van der Waals surface area contributed by atoms with Gasteiger partial charge in [-0.2, -0.15) is 0 Å². The Labute approximate surface area is 121 Å². The molecule has 19 heavy (non-hydrogen) atoms. The topological polar surface area (TPSA) is 28.2 Å². The number of nitrogens with one attached hydrogen (secondary N) is 1. The van der Waals surface area contributed by atoms with Crippen LogP contribution in [0.5, 0.6) is 0 Å². The summed E-state index contributed by atoms with van der Waals surface area (Å²) in [7, 11) is 0. The molecule has 1 N–H and O–H groups in total. The summed E-state index contributed by atoms with van der Waals surface area (Å²) in [5.41, 5.74) is 1.39. The molecule has 0 aliphatic heterocycles. The molecule has 0 radical (unpaired) electrons. The molecule has 4 heteroatoms. The van der Waals surface area contributed by atoms with Gasteiger partial charge in [-0.25, -0.2) is 4.98 Å². The first-order valence-electron chi connectivity index (χ1n) is 7.75. The molecule has 3 nitrogen and oxygen atoms in total. The second-order valence-electron chi connectivity index (χ2n) is 5.29. The molecule has 0 spiro atoms. The Morgan fingerprint density at radius 3 is 2.68 bits per heavy atom. The van der Waals surface area contributed by atoms with Crippen molar-refractivity contribution in [3.05, 3.63) is 10.6 Å². The van der Waals surface area contributed by atoms with Crippen LogP contribution in [-0.2, 0) is 6.54 Å². The SMILES string of the molecule is CCCCN(CC)c1nc(C2CC2)c(CNCC)s1. The molecule has 1 aromatic rings. The van der Waals surface area contributed by atoms with Gasteiger partial charge in [-0.15, -0.1) is 11.3 Å². The maximum absolute atomic E-state index is 4.95. The molecule has 1 aromatic heterocycles. The highest BCUT2D eigenvalue weighted by Gasteiger charge is 2.30. The fourth-order valence-corrected chi connectivity index (χ4v) is 3.47. The Balaban J connectivity index is 2.10. The van der Waals surface area contributed by atoms with E-state index in [2.05, 4.69) is 31.0 Å². The minimum atomic E-state index is 0.753. The quantitative estimate of drug-likeness (QED) is 0.747. The molecule has 0 aromatic carbocycles. The van der Waals surface area contributed by atoms with Gasteiger partial charge in [0.1, 0.15) is 0 Å². The summed E-state index contributed by atoms with van der Waals surface area (Å²) >= 11 is 1.90. The van der Waals surface area contributed by atoms with Crippen molar-refractivity contribution in [2.75, 3.05) is 24.5 Å². The van der Waals surface area contributed by atoms with E-state index in [9.17, 15) is 0 Å². The van der Waals surface area contributed by atoms with Gasteiger partial charge in [-0.3, -0.25) is 0 Å². The second-order valence-corrected chi connectivity index (χ2v) is 6.35. The van der Waals surface area contributed by atoms with E-state index >= 15 is 0 Å². The Morgan fingerprint density at radius 2 is 2.11 bits per heavy atom. The van der Waals surface area contributed by atoms with Crippen LogP contribution in [0.4, 0.5) is 5.13 Å². The number of hydrogen-bond acceptors (Lipinski definition) is 4. The van der Waals surface area contributed by atoms with E-state index in [-0.39, 0.29) is 0 Å². The van der Waals surface area contributed by atoms with E-state index in [4.69, 9.17) is 4.98 Å². The number of nitrogens with zero attached hydrogens (tertiary/aromatic N) is 2. The summed E-state index contributed by atoms with van der Waals surface area (Å²) in [6, 6.07) is 0. The molecular weight excluding hydrogens is 254 g/mol. The number of hydrogen-bond donors (Lipinski definition) is 1. The lowest BCUT2D eigenvalue weighted by atomic mass is 10.2. The van der Waals surface area contributed by atoms with Gasteiger partial charge in [0.05, 0.1) is 5.69 Å². The summed E-state index contributed by atoms with van der Waals surface area (Å²) in [6.45, 7) is 10.9. The van der Waals surface area contributed by atoms with Gasteiger partial charge >= 0.3 is 0 Å². The molecule has 0 saturated heterocycles. The molecule has 2 rings (SSSR count). The van der Waals surface area contributed by atoms with Gasteiger partial charge in [-0.1, -0.05) is 20.3 Å². The third-order valence-corrected chi connectivity index (χ3v) is 4.78. The lowest BCUT2D eigenvalue weighted by Gasteiger charge is -2.19. The highest BCUT2D eigenvalue weighted by atomic mass is 32.1. The molecule has 1 fully saturated rings. The van der Waals surface area contributed by atoms with E-state index in [0.29, 0.717) is 0 Å². The highest BCUT2D eigenvalue weighted by Crippen LogP contribution is 2.44. The standard InChI is InChI=1S/C15H27N3S/c1-4-7-10-18(6-3)15-17-14(12-8-9-12)13(19-15)11-16-5-2/h12,16H,4-11H2,1-3H3. The lowest BCUT2D eigenvalue weighted by molar-refractivity contribution is 0.722. The lowest BCUT2D eigenvalue weighted by Crippen LogP contribution is -2.23. The Kier molecular flexibility index (Phi) is 5.64. The smallest absolute Gasteiger partial charge is 0.185 e. The summed E-state index contributed by atoms with van der Waals surface area (Å²) < 4.78 is 0. The molecule has 0 amide bonds.